The molecule has 0 saturated carbocycles. The third kappa shape index (κ3) is 5.28. The van der Waals surface area contributed by atoms with Gasteiger partial charge in [-0.15, -0.1) is 0 Å². The lowest BCUT2D eigenvalue weighted by atomic mass is 9.93. The highest BCUT2D eigenvalue weighted by Crippen LogP contribution is 2.32. The number of carbonyl (C=O) groups is 2. The largest absolute Gasteiger partial charge is 0.390 e. The van der Waals surface area contributed by atoms with Crippen LogP contribution in [-0.2, 0) is 22.4 Å². The molecule has 0 saturated heterocycles. The number of aliphatic hydroxyl groups is 1. The first kappa shape index (κ1) is 23.9. The molecule has 8 heteroatoms. The molecule has 176 valence electrons. The Morgan fingerprint density at radius 1 is 1.06 bits per heavy atom. The van der Waals surface area contributed by atoms with Gasteiger partial charge in [-0.1, -0.05) is 66.2 Å². The molecule has 34 heavy (non-hydrogen) atoms. The summed E-state index contributed by atoms with van der Waals surface area (Å²) in [6.45, 7) is 0. The minimum absolute atomic E-state index is 0.0315. The Morgan fingerprint density at radius 2 is 1.76 bits per heavy atom. The Labute approximate surface area is 201 Å². The molecule has 3 aromatic carbocycles. The summed E-state index contributed by atoms with van der Waals surface area (Å²) in [5.41, 5.74) is 5.79. The first-order valence-corrected chi connectivity index (χ1v) is 11.3. The molecule has 1 aliphatic rings. The fraction of sp³-hybridized carbons (Fsp3) is 0.231. The molecule has 4 rings (SSSR count). The van der Waals surface area contributed by atoms with Gasteiger partial charge in [0.1, 0.15) is 5.82 Å². The molecule has 0 spiro atoms. The van der Waals surface area contributed by atoms with Crippen molar-refractivity contribution in [2.24, 2.45) is 5.92 Å². The van der Waals surface area contributed by atoms with Crippen LogP contribution in [0.5, 0.6) is 0 Å². The molecular weight excluding hydrogens is 459 g/mol. The molecule has 0 heterocycles. The van der Waals surface area contributed by atoms with E-state index in [1.807, 2.05) is 48.5 Å². The monoisotopic (exact) mass is 482 g/mol. The van der Waals surface area contributed by atoms with E-state index in [0.29, 0.717) is 6.42 Å². The number of hydroxylamine groups is 1. The Hall–Kier alpha value is -3.26. The van der Waals surface area contributed by atoms with Crippen molar-refractivity contribution in [1.29, 1.82) is 0 Å². The summed E-state index contributed by atoms with van der Waals surface area (Å²) < 4.78 is 13.4. The van der Waals surface area contributed by atoms with Crippen molar-refractivity contribution in [3.8, 4) is 11.1 Å². The molecule has 0 radical (unpaired) electrons. The number of benzene rings is 3. The van der Waals surface area contributed by atoms with Crippen LogP contribution in [0.4, 0.5) is 4.39 Å². The Bertz CT molecular complexity index is 1200. The van der Waals surface area contributed by atoms with E-state index >= 15 is 0 Å². The van der Waals surface area contributed by atoms with E-state index in [2.05, 4.69) is 5.32 Å². The maximum Gasteiger partial charge on any atom is 0.244 e. The Kier molecular flexibility index (Phi) is 7.26. The molecule has 3 atom stereocenters. The van der Waals surface area contributed by atoms with E-state index in [9.17, 15) is 19.1 Å². The van der Waals surface area contributed by atoms with Gasteiger partial charge in [0.2, 0.25) is 11.8 Å². The molecule has 0 bridgehead atoms. The third-order valence-corrected chi connectivity index (χ3v) is 6.41. The first-order chi connectivity index (χ1) is 16.4. The fourth-order valence-electron chi connectivity index (χ4n) is 4.34. The van der Waals surface area contributed by atoms with Crippen molar-refractivity contribution < 1.29 is 24.3 Å². The van der Waals surface area contributed by atoms with Crippen LogP contribution in [0.15, 0.2) is 66.7 Å². The second kappa shape index (κ2) is 10.3. The SMILES string of the molecule is O=C(CC(Cc1ccc(-c2ccc(F)c(Cl)c2)cc1)C(=O)NC1c2ccccc2CC1O)NO. The predicted octanol–water partition coefficient (Wildman–Crippen LogP) is 3.97. The van der Waals surface area contributed by atoms with Crippen LogP contribution < -0.4 is 10.8 Å². The summed E-state index contributed by atoms with van der Waals surface area (Å²) in [6.07, 6.45) is -0.288. The highest BCUT2D eigenvalue weighted by atomic mass is 35.5. The molecule has 2 amide bonds. The second-order valence-corrected chi connectivity index (χ2v) is 8.83. The number of hydrogen-bond donors (Lipinski definition) is 4. The van der Waals surface area contributed by atoms with Crippen molar-refractivity contribution in [2.75, 3.05) is 0 Å². The van der Waals surface area contributed by atoms with Crippen LogP contribution >= 0.6 is 11.6 Å². The quantitative estimate of drug-likeness (QED) is 0.302. The fourth-order valence-corrected chi connectivity index (χ4v) is 4.52. The van der Waals surface area contributed by atoms with Crippen LogP contribution in [0.25, 0.3) is 11.1 Å². The molecular formula is C26H24ClFN2O4. The molecule has 0 aromatic heterocycles. The van der Waals surface area contributed by atoms with Gasteiger partial charge in [-0.3, -0.25) is 14.8 Å². The Morgan fingerprint density at radius 3 is 2.47 bits per heavy atom. The molecule has 3 aromatic rings. The van der Waals surface area contributed by atoms with E-state index in [0.717, 1.165) is 27.8 Å². The highest BCUT2D eigenvalue weighted by Gasteiger charge is 2.34. The van der Waals surface area contributed by atoms with Crippen molar-refractivity contribution in [1.82, 2.24) is 10.8 Å². The zero-order chi connectivity index (χ0) is 24.2. The van der Waals surface area contributed by atoms with Crippen molar-refractivity contribution in [3.05, 3.63) is 94.3 Å². The van der Waals surface area contributed by atoms with E-state index in [1.165, 1.54) is 6.07 Å². The number of fused-ring (bicyclic) bond motifs is 1. The normalized spacial score (nSPS) is 17.6. The molecule has 3 unspecified atom stereocenters. The first-order valence-electron chi connectivity index (χ1n) is 10.9. The number of halogens is 2. The topological polar surface area (TPSA) is 98.7 Å². The maximum absolute atomic E-state index is 13.4. The summed E-state index contributed by atoms with van der Waals surface area (Å²) in [5.74, 6) is -2.32. The molecule has 4 N–H and O–H groups in total. The number of rotatable bonds is 7. The number of aliphatic hydroxyl groups excluding tert-OH is 1. The van der Waals surface area contributed by atoms with Crippen LogP contribution in [0.2, 0.25) is 5.02 Å². The average molecular weight is 483 g/mol. The lowest BCUT2D eigenvalue weighted by Gasteiger charge is -2.22. The number of nitrogens with one attached hydrogen (secondary N) is 2. The summed E-state index contributed by atoms with van der Waals surface area (Å²) in [4.78, 5) is 25.0. The van der Waals surface area contributed by atoms with Gasteiger partial charge < -0.3 is 10.4 Å². The molecule has 0 aliphatic heterocycles. The molecule has 0 fully saturated rings. The van der Waals surface area contributed by atoms with Crippen molar-refractivity contribution in [2.45, 2.75) is 31.4 Å². The van der Waals surface area contributed by atoms with Gasteiger partial charge in [0.05, 0.1) is 23.1 Å². The minimum Gasteiger partial charge on any atom is -0.390 e. The number of hydrogen-bond acceptors (Lipinski definition) is 4. The van der Waals surface area contributed by atoms with Gasteiger partial charge >= 0.3 is 0 Å². The van der Waals surface area contributed by atoms with Crippen LogP contribution in [-0.4, -0.2) is 28.2 Å². The summed E-state index contributed by atoms with van der Waals surface area (Å²) in [5, 5.41) is 22.4. The number of carbonyl (C=O) groups excluding carboxylic acids is 2. The van der Waals surface area contributed by atoms with Gasteiger partial charge in [0.25, 0.3) is 0 Å². The maximum atomic E-state index is 13.4. The zero-order valence-electron chi connectivity index (χ0n) is 18.2. The van der Waals surface area contributed by atoms with Gasteiger partial charge in [0, 0.05) is 12.8 Å². The average Bonchev–Trinajstić information content (AvgIpc) is 3.15. The van der Waals surface area contributed by atoms with Gasteiger partial charge in [-0.25, -0.2) is 9.87 Å². The Balaban J connectivity index is 1.50. The van der Waals surface area contributed by atoms with Gasteiger partial charge in [-0.2, -0.15) is 0 Å². The van der Waals surface area contributed by atoms with Crippen molar-refractivity contribution >= 4 is 23.4 Å². The lowest BCUT2D eigenvalue weighted by Crippen LogP contribution is -2.40. The summed E-state index contributed by atoms with van der Waals surface area (Å²) in [7, 11) is 0. The summed E-state index contributed by atoms with van der Waals surface area (Å²) in [6, 6.07) is 18.7. The van der Waals surface area contributed by atoms with Crippen LogP contribution in [0.1, 0.15) is 29.2 Å². The van der Waals surface area contributed by atoms with E-state index < -0.39 is 35.7 Å². The van der Waals surface area contributed by atoms with E-state index in [-0.39, 0.29) is 17.9 Å². The highest BCUT2D eigenvalue weighted by molar-refractivity contribution is 6.31. The third-order valence-electron chi connectivity index (χ3n) is 6.12. The van der Waals surface area contributed by atoms with E-state index in [1.54, 1.807) is 17.6 Å². The standard InChI is InChI=1S/C26H24ClFN2O4/c27-21-12-17(9-10-22(21)28)16-7-5-15(6-8-16)11-19(14-24(32)30-34)26(33)29-25-20-4-2-1-3-18(20)13-23(25)31/h1-10,12,19,23,25,31,34H,11,13-14H2,(H,29,33)(H,30,32). The molecule has 6 nitrogen and oxygen atoms in total. The van der Waals surface area contributed by atoms with Crippen LogP contribution in [0, 0.1) is 11.7 Å². The summed E-state index contributed by atoms with van der Waals surface area (Å²) >= 11 is 5.88. The smallest absolute Gasteiger partial charge is 0.244 e. The number of amides is 2. The zero-order valence-corrected chi connectivity index (χ0v) is 18.9. The van der Waals surface area contributed by atoms with Crippen LogP contribution in [0.3, 0.4) is 0 Å². The van der Waals surface area contributed by atoms with E-state index in [4.69, 9.17) is 16.8 Å². The van der Waals surface area contributed by atoms with Crippen molar-refractivity contribution in [3.63, 3.8) is 0 Å². The lowest BCUT2D eigenvalue weighted by molar-refractivity contribution is -0.135. The predicted molar refractivity (Wildman–Crippen MR) is 126 cm³/mol. The van der Waals surface area contributed by atoms with Gasteiger partial charge in [-0.05, 0) is 46.4 Å². The van der Waals surface area contributed by atoms with Gasteiger partial charge in [0.15, 0.2) is 0 Å². The molecule has 1 aliphatic carbocycles. The minimum atomic E-state index is -0.766. The second-order valence-electron chi connectivity index (χ2n) is 8.42.